The molecule has 0 saturated carbocycles. The predicted molar refractivity (Wildman–Crippen MR) is 212 cm³/mol. The minimum absolute atomic E-state index is 0.865. The van der Waals surface area contributed by atoms with Crippen LogP contribution in [0.2, 0.25) is 0 Å². The Morgan fingerprint density at radius 3 is 1.74 bits per heavy atom. The standard InChI is InChI=1S/C48H31NO/c1-3-12-32(13-4-1)35-17-11-18-37(28-35)49(38-24-26-41-36(29-38)23-22-34-16-7-8-19-40(34)41)39-25-27-43-46-31-45(33-14-5-2-6-15-33)42-20-9-10-21-44(42)48(46)50-47(43)30-39/h1-31H. The highest BCUT2D eigenvalue weighted by Gasteiger charge is 2.19. The van der Waals surface area contributed by atoms with E-state index in [-0.39, 0.29) is 0 Å². The average Bonchev–Trinajstić information content (AvgIpc) is 3.56. The van der Waals surface area contributed by atoms with E-state index < -0.39 is 0 Å². The van der Waals surface area contributed by atoms with Crippen molar-refractivity contribution < 1.29 is 4.42 Å². The number of nitrogens with zero attached hydrogens (tertiary/aromatic N) is 1. The van der Waals surface area contributed by atoms with Crippen molar-refractivity contribution in [3.63, 3.8) is 0 Å². The van der Waals surface area contributed by atoms with Crippen LogP contribution in [0.15, 0.2) is 192 Å². The Labute approximate surface area is 290 Å². The van der Waals surface area contributed by atoms with Crippen molar-refractivity contribution in [1.82, 2.24) is 0 Å². The summed E-state index contributed by atoms with van der Waals surface area (Å²) >= 11 is 0. The molecule has 10 rings (SSSR count). The molecule has 0 unspecified atom stereocenters. The average molecular weight is 638 g/mol. The smallest absolute Gasteiger partial charge is 0.143 e. The molecule has 0 fully saturated rings. The van der Waals surface area contributed by atoms with Gasteiger partial charge in [-0.15, -0.1) is 0 Å². The van der Waals surface area contributed by atoms with Gasteiger partial charge in [0.25, 0.3) is 0 Å². The van der Waals surface area contributed by atoms with Gasteiger partial charge in [-0.25, -0.2) is 0 Å². The zero-order valence-electron chi connectivity index (χ0n) is 27.3. The summed E-state index contributed by atoms with van der Waals surface area (Å²) in [6.07, 6.45) is 0. The molecule has 0 saturated heterocycles. The van der Waals surface area contributed by atoms with Crippen LogP contribution in [0.3, 0.4) is 0 Å². The first-order valence-corrected chi connectivity index (χ1v) is 17.1. The number of rotatable bonds is 5. The molecule has 50 heavy (non-hydrogen) atoms. The van der Waals surface area contributed by atoms with Gasteiger partial charge in [-0.2, -0.15) is 0 Å². The van der Waals surface area contributed by atoms with Gasteiger partial charge in [-0.3, -0.25) is 0 Å². The third-order valence-corrected chi connectivity index (χ3v) is 10.0. The Hall–Kier alpha value is -6.64. The van der Waals surface area contributed by atoms with Crippen LogP contribution in [0.4, 0.5) is 17.1 Å². The lowest BCUT2D eigenvalue weighted by Crippen LogP contribution is -2.10. The highest BCUT2D eigenvalue weighted by molar-refractivity contribution is 6.19. The van der Waals surface area contributed by atoms with Crippen LogP contribution in [0.25, 0.3) is 76.5 Å². The molecule has 10 aromatic rings. The van der Waals surface area contributed by atoms with Crippen LogP contribution >= 0.6 is 0 Å². The third kappa shape index (κ3) is 4.65. The SMILES string of the molecule is c1ccc(-c2cccc(N(c3ccc4c(ccc5ccccc54)c3)c3ccc4c(c3)oc3c5ccccc5c(-c5ccccc5)cc43)c2)cc1. The van der Waals surface area contributed by atoms with Crippen LogP contribution < -0.4 is 4.90 Å². The number of hydrogen-bond acceptors (Lipinski definition) is 2. The molecule has 0 radical (unpaired) electrons. The molecule has 0 bridgehead atoms. The third-order valence-electron chi connectivity index (χ3n) is 10.0. The Bertz CT molecular complexity index is 2870. The van der Waals surface area contributed by atoms with E-state index in [1.165, 1.54) is 49.2 Å². The van der Waals surface area contributed by atoms with Crippen molar-refractivity contribution in [3.05, 3.63) is 188 Å². The number of fused-ring (bicyclic) bond motifs is 8. The number of anilines is 3. The number of hydrogen-bond donors (Lipinski definition) is 0. The Morgan fingerprint density at radius 1 is 0.320 bits per heavy atom. The minimum atomic E-state index is 0.865. The quantitative estimate of drug-likeness (QED) is 0.175. The molecule has 2 nitrogen and oxygen atoms in total. The van der Waals surface area contributed by atoms with E-state index in [4.69, 9.17) is 4.42 Å². The van der Waals surface area contributed by atoms with Crippen molar-refractivity contribution in [1.29, 1.82) is 0 Å². The van der Waals surface area contributed by atoms with Gasteiger partial charge >= 0.3 is 0 Å². The Kier molecular flexibility index (Phi) is 6.53. The van der Waals surface area contributed by atoms with Gasteiger partial charge in [0.05, 0.1) is 0 Å². The zero-order valence-corrected chi connectivity index (χ0v) is 27.3. The second-order valence-corrected chi connectivity index (χ2v) is 12.9. The van der Waals surface area contributed by atoms with Gasteiger partial charge < -0.3 is 9.32 Å². The molecule has 0 aliphatic rings. The van der Waals surface area contributed by atoms with E-state index in [1.54, 1.807) is 0 Å². The van der Waals surface area contributed by atoms with Crippen LogP contribution in [0, 0.1) is 0 Å². The predicted octanol–water partition coefficient (Wildman–Crippen LogP) is 13.8. The molecule has 234 valence electrons. The van der Waals surface area contributed by atoms with Gasteiger partial charge in [0, 0.05) is 39.3 Å². The highest BCUT2D eigenvalue weighted by atomic mass is 16.3. The molecule has 0 aliphatic carbocycles. The number of benzene rings is 9. The molecule has 2 heteroatoms. The van der Waals surface area contributed by atoms with Crippen LogP contribution in [0.1, 0.15) is 0 Å². The summed E-state index contributed by atoms with van der Waals surface area (Å²) in [5.41, 5.74) is 9.76. The van der Waals surface area contributed by atoms with Gasteiger partial charge in [0.2, 0.25) is 0 Å². The van der Waals surface area contributed by atoms with E-state index in [0.29, 0.717) is 0 Å². The second kappa shape index (κ2) is 11.5. The highest BCUT2D eigenvalue weighted by Crippen LogP contribution is 2.43. The summed E-state index contributed by atoms with van der Waals surface area (Å²) in [7, 11) is 0. The van der Waals surface area contributed by atoms with Gasteiger partial charge in [0.15, 0.2) is 0 Å². The Morgan fingerprint density at radius 2 is 0.920 bits per heavy atom. The monoisotopic (exact) mass is 637 g/mol. The summed E-state index contributed by atoms with van der Waals surface area (Å²) in [5, 5.41) is 9.51. The van der Waals surface area contributed by atoms with Crippen molar-refractivity contribution in [2.45, 2.75) is 0 Å². The Balaban J connectivity index is 1.19. The van der Waals surface area contributed by atoms with Gasteiger partial charge in [-0.1, -0.05) is 140 Å². The first kappa shape index (κ1) is 28.4. The van der Waals surface area contributed by atoms with Gasteiger partial charge in [-0.05, 0) is 91.6 Å². The van der Waals surface area contributed by atoms with Crippen molar-refractivity contribution in [3.8, 4) is 22.3 Å². The first-order valence-electron chi connectivity index (χ1n) is 17.1. The summed E-state index contributed by atoms with van der Waals surface area (Å²) in [5.74, 6) is 0. The normalized spacial score (nSPS) is 11.6. The fraction of sp³-hybridized carbons (Fsp3) is 0. The zero-order chi connectivity index (χ0) is 33.0. The van der Waals surface area contributed by atoms with Crippen LogP contribution in [-0.2, 0) is 0 Å². The molecule has 0 aliphatic heterocycles. The van der Waals surface area contributed by atoms with E-state index in [1.807, 2.05) is 0 Å². The lowest BCUT2D eigenvalue weighted by molar-refractivity contribution is 0.673. The van der Waals surface area contributed by atoms with Crippen molar-refractivity contribution >= 4 is 71.3 Å². The largest absolute Gasteiger partial charge is 0.455 e. The van der Waals surface area contributed by atoms with Crippen LogP contribution in [-0.4, -0.2) is 0 Å². The lowest BCUT2D eigenvalue weighted by atomic mass is 9.95. The van der Waals surface area contributed by atoms with Crippen molar-refractivity contribution in [2.75, 3.05) is 4.90 Å². The maximum atomic E-state index is 6.80. The molecule has 0 spiro atoms. The van der Waals surface area contributed by atoms with E-state index in [0.717, 1.165) is 44.4 Å². The maximum Gasteiger partial charge on any atom is 0.143 e. The maximum absolute atomic E-state index is 6.80. The molecular formula is C48H31NO. The molecule has 1 aromatic heterocycles. The number of furan rings is 1. The fourth-order valence-corrected chi connectivity index (χ4v) is 7.62. The van der Waals surface area contributed by atoms with E-state index in [9.17, 15) is 0 Å². The summed E-state index contributed by atoms with van der Waals surface area (Å²) < 4.78 is 6.80. The minimum Gasteiger partial charge on any atom is -0.455 e. The van der Waals surface area contributed by atoms with E-state index in [2.05, 4.69) is 193 Å². The summed E-state index contributed by atoms with van der Waals surface area (Å²) in [6, 6.07) is 67.4. The fourth-order valence-electron chi connectivity index (χ4n) is 7.62. The molecule has 0 atom stereocenters. The lowest BCUT2D eigenvalue weighted by Gasteiger charge is -2.26. The summed E-state index contributed by atoms with van der Waals surface area (Å²) in [6.45, 7) is 0. The second-order valence-electron chi connectivity index (χ2n) is 12.9. The molecular weight excluding hydrogens is 607 g/mol. The summed E-state index contributed by atoms with van der Waals surface area (Å²) in [4.78, 5) is 2.35. The molecule has 0 amide bonds. The van der Waals surface area contributed by atoms with Crippen LogP contribution in [0.5, 0.6) is 0 Å². The van der Waals surface area contributed by atoms with Crippen molar-refractivity contribution in [2.24, 2.45) is 0 Å². The molecule has 9 aromatic carbocycles. The molecule has 0 N–H and O–H groups in total. The van der Waals surface area contributed by atoms with Gasteiger partial charge in [0.1, 0.15) is 11.2 Å². The topological polar surface area (TPSA) is 16.4 Å². The molecule has 1 heterocycles. The van der Waals surface area contributed by atoms with E-state index >= 15 is 0 Å². The first-order chi connectivity index (χ1) is 24.8.